The Labute approximate surface area is 111 Å². The third-order valence-corrected chi connectivity index (χ3v) is 2.65. The van der Waals surface area contributed by atoms with E-state index in [2.05, 4.69) is 15.4 Å². The minimum absolute atomic E-state index is 0.190. The van der Waals surface area contributed by atoms with Gasteiger partial charge >= 0.3 is 0 Å². The van der Waals surface area contributed by atoms with Gasteiger partial charge in [0.2, 0.25) is 0 Å². The van der Waals surface area contributed by atoms with Gasteiger partial charge in [-0.1, -0.05) is 18.2 Å². The number of benzene rings is 1. The van der Waals surface area contributed by atoms with Crippen molar-refractivity contribution >= 4 is 17.4 Å². The zero-order chi connectivity index (χ0) is 13.7. The number of rotatable bonds is 4. The normalized spacial score (nSPS) is 10.0. The third kappa shape index (κ3) is 2.86. The fraction of sp³-hybridized carbons (Fsp3) is 0.154. The van der Waals surface area contributed by atoms with Crippen molar-refractivity contribution in [3.8, 4) is 0 Å². The lowest BCUT2D eigenvalue weighted by Crippen LogP contribution is -2.31. The predicted molar refractivity (Wildman–Crippen MR) is 73.6 cm³/mol. The van der Waals surface area contributed by atoms with Crippen LogP contribution in [0.5, 0.6) is 0 Å². The van der Waals surface area contributed by atoms with Gasteiger partial charge in [-0.15, -0.1) is 0 Å². The molecule has 0 atom stereocenters. The average Bonchev–Trinajstić information content (AvgIpc) is 2.49. The van der Waals surface area contributed by atoms with E-state index in [-0.39, 0.29) is 11.6 Å². The lowest BCUT2D eigenvalue weighted by molar-refractivity contribution is 0.0983. The van der Waals surface area contributed by atoms with E-state index in [9.17, 15) is 4.79 Å². The number of para-hydroxylation sites is 1. The molecule has 0 bridgehead atoms. The molecule has 6 nitrogen and oxygen atoms in total. The van der Waals surface area contributed by atoms with Crippen molar-refractivity contribution in [1.29, 1.82) is 0 Å². The van der Waals surface area contributed by atoms with Crippen LogP contribution in [-0.2, 0) is 0 Å². The second-order valence-corrected chi connectivity index (χ2v) is 3.82. The Morgan fingerprint density at radius 1 is 1.26 bits per heavy atom. The van der Waals surface area contributed by atoms with E-state index in [0.29, 0.717) is 12.4 Å². The number of nitrogens with two attached hydrogens (primary N) is 1. The van der Waals surface area contributed by atoms with Gasteiger partial charge in [-0.25, -0.2) is 15.8 Å². The van der Waals surface area contributed by atoms with Crippen LogP contribution in [0.15, 0.2) is 42.7 Å². The Bertz CT molecular complexity index is 541. The van der Waals surface area contributed by atoms with E-state index < -0.39 is 0 Å². The molecule has 3 N–H and O–H groups in total. The molecule has 0 aliphatic carbocycles. The highest BCUT2D eigenvalue weighted by Gasteiger charge is 2.17. The smallest absolute Gasteiger partial charge is 0.278 e. The van der Waals surface area contributed by atoms with Crippen LogP contribution in [0.4, 0.5) is 11.5 Å². The number of carbonyl (C=O) groups is 1. The first-order valence-corrected chi connectivity index (χ1v) is 5.91. The first-order valence-electron chi connectivity index (χ1n) is 5.91. The first-order chi connectivity index (χ1) is 9.26. The molecule has 2 rings (SSSR count). The molecule has 0 spiro atoms. The van der Waals surface area contributed by atoms with Gasteiger partial charge < -0.3 is 10.3 Å². The van der Waals surface area contributed by atoms with E-state index in [1.807, 2.05) is 37.3 Å². The van der Waals surface area contributed by atoms with E-state index in [1.165, 1.54) is 12.4 Å². The third-order valence-electron chi connectivity index (χ3n) is 2.65. The SMILES string of the molecule is CCN(C(=O)c1cnc(NN)cn1)c1ccccc1. The van der Waals surface area contributed by atoms with Crippen molar-refractivity contribution in [2.45, 2.75) is 6.92 Å². The second-order valence-electron chi connectivity index (χ2n) is 3.82. The quantitative estimate of drug-likeness (QED) is 0.639. The highest BCUT2D eigenvalue weighted by molar-refractivity contribution is 6.04. The predicted octanol–water partition coefficient (Wildman–Crippen LogP) is 1.43. The summed E-state index contributed by atoms with van der Waals surface area (Å²) in [6.07, 6.45) is 2.83. The van der Waals surface area contributed by atoms with Crippen LogP contribution < -0.4 is 16.2 Å². The van der Waals surface area contributed by atoms with Crippen molar-refractivity contribution in [1.82, 2.24) is 9.97 Å². The Morgan fingerprint density at radius 3 is 2.53 bits per heavy atom. The molecule has 98 valence electrons. The van der Waals surface area contributed by atoms with Crippen molar-refractivity contribution in [3.05, 3.63) is 48.4 Å². The first kappa shape index (κ1) is 13.0. The Hall–Kier alpha value is -2.47. The number of nitrogen functional groups attached to an aromatic ring is 1. The number of hydrogen-bond acceptors (Lipinski definition) is 5. The number of nitrogens with zero attached hydrogens (tertiary/aromatic N) is 3. The van der Waals surface area contributed by atoms with Gasteiger partial charge in [0.05, 0.1) is 12.4 Å². The molecule has 2 aromatic rings. The fourth-order valence-electron chi connectivity index (χ4n) is 1.70. The summed E-state index contributed by atoms with van der Waals surface area (Å²) in [6, 6.07) is 9.44. The van der Waals surface area contributed by atoms with Crippen molar-refractivity contribution < 1.29 is 4.79 Å². The van der Waals surface area contributed by atoms with Gasteiger partial charge in [-0.2, -0.15) is 0 Å². The molecule has 1 amide bonds. The van der Waals surface area contributed by atoms with Crippen molar-refractivity contribution in [2.75, 3.05) is 16.9 Å². The molecular formula is C13H15N5O. The topological polar surface area (TPSA) is 84.1 Å². The Balaban J connectivity index is 2.25. The maximum Gasteiger partial charge on any atom is 0.278 e. The number of nitrogens with one attached hydrogen (secondary N) is 1. The van der Waals surface area contributed by atoms with Crippen LogP contribution >= 0.6 is 0 Å². The Kier molecular flexibility index (Phi) is 4.04. The molecule has 0 radical (unpaired) electrons. The van der Waals surface area contributed by atoms with Crippen LogP contribution in [0.2, 0.25) is 0 Å². The summed E-state index contributed by atoms with van der Waals surface area (Å²) in [5.41, 5.74) is 3.48. The van der Waals surface area contributed by atoms with Gasteiger partial charge in [0.15, 0.2) is 5.82 Å². The van der Waals surface area contributed by atoms with Crippen LogP contribution in [0.25, 0.3) is 0 Å². The van der Waals surface area contributed by atoms with Gasteiger partial charge in [-0.3, -0.25) is 4.79 Å². The van der Waals surface area contributed by atoms with Crippen molar-refractivity contribution in [2.24, 2.45) is 5.84 Å². The molecule has 0 fully saturated rings. The van der Waals surface area contributed by atoms with E-state index in [1.54, 1.807) is 4.90 Å². The largest absolute Gasteiger partial charge is 0.307 e. The van der Waals surface area contributed by atoms with Gasteiger partial charge in [0, 0.05) is 12.2 Å². The highest BCUT2D eigenvalue weighted by atomic mass is 16.2. The monoisotopic (exact) mass is 257 g/mol. The maximum absolute atomic E-state index is 12.3. The fourth-order valence-corrected chi connectivity index (χ4v) is 1.70. The molecule has 1 aromatic heterocycles. The highest BCUT2D eigenvalue weighted by Crippen LogP contribution is 2.15. The molecular weight excluding hydrogens is 242 g/mol. The lowest BCUT2D eigenvalue weighted by atomic mass is 10.2. The molecule has 0 aliphatic heterocycles. The lowest BCUT2D eigenvalue weighted by Gasteiger charge is -2.20. The summed E-state index contributed by atoms with van der Waals surface area (Å²) in [4.78, 5) is 22.0. The number of anilines is 2. The molecule has 0 saturated carbocycles. The summed E-state index contributed by atoms with van der Waals surface area (Å²) in [5, 5.41) is 0. The molecule has 0 aliphatic rings. The summed E-state index contributed by atoms with van der Waals surface area (Å²) < 4.78 is 0. The second kappa shape index (κ2) is 5.92. The summed E-state index contributed by atoms with van der Waals surface area (Å²) in [7, 11) is 0. The van der Waals surface area contributed by atoms with Crippen LogP contribution in [0.1, 0.15) is 17.4 Å². The zero-order valence-electron chi connectivity index (χ0n) is 10.6. The van der Waals surface area contributed by atoms with E-state index >= 15 is 0 Å². The minimum Gasteiger partial charge on any atom is -0.307 e. The van der Waals surface area contributed by atoms with Gasteiger partial charge in [-0.05, 0) is 19.1 Å². The van der Waals surface area contributed by atoms with Crippen LogP contribution in [0.3, 0.4) is 0 Å². The summed E-state index contributed by atoms with van der Waals surface area (Å²) in [5.74, 6) is 5.43. The van der Waals surface area contributed by atoms with Gasteiger partial charge in [0.25, 0.3) is 5.91 Å². The summed E-state index contributed by atoms with van der Waals surface area (Å²) in [6.45, 7) is 2.47. The molecule has 6 heteroatoms. The maximum atomic E-state index is 12.3. The standard InChI is InChI=1S/C13H15N5O/c1-2-18(10-6-4-3-5-7-10)13(19)11-8-16-12(17-14)9-15-11/h3-9H,2,14H2,1H3,(H,16,17). The van der Waals surface area contributed by atoms with Crippen LogP contribution in [0, 0.1) is 0 Å². The minimum atomic E-state index is -0.190. The average molecular weight is 257 g/mol. The Morgan fingerprint density at radius 2 is 2.00 bits per heavy atom. The number of hydrogen-bond donors (Lipinski definition) is 2. The summed E-state index contributed by atoms with van der Waals surface area (Å²) >= 11 is 0. The zero-order valence-corrected chi connectivity index (χ0v) is 10.6. The molecule has 19 heavy (non-hydrogen) atoms. The number of carbonyl (C=O) groups excluding carboxylic acids is 1. The number of hydrazine groups is 1. The molecule has 1 aromatic carbocycles. The van der Waals surface area contributed by atoms with Crippen molar-refractivity contribution in [3.63, 3.8) is 0 Å². The molecule has 0 saturated heterocycles. The van der Waals surface area contributed by atoms with E-state index in [4.69, 9.17) is 5.84 Å². The van der Waals surface area contributed by atoms with Gasteiger partial charge in [0.1, 0.15) is 5.69 Å². The number of aromatic nitrogens is 2. The molecule has 1 heterocycles. The van der Waals surface area contributed by atoms with Crippen LogP contribution in [-0.4, -0.2) is 22.4 Å². The number of amides is 1. The van der Waals surface area contributed by atoms with E-state index in [0.717, 1.165) is 5.69 Å². The molecule has 0 unspecified atom stereocenters.